The molecule has 0 aromatic rings. The molecule has 10 heteroatoms. The summed E-state index contributed by atoms with van der Waals surface area (Å²) in [5, 5.41) is 57.4. The average molecular weight is 324 g/mol. The van der Waals surface area contributed by atoms with Crippen molar-refractivity contribution in [3.8, 4) is 0 Å². The smallest absolute Gasteiger partial charge is 0.187 e. The third-order valence-corrected chi connectivity index (χ3v) is 3.78. The van der Waals surface area contributed by atoms with Crippen LogP contribution in [0.1, 0.15) is 0 Å². The predicted octanol–water partition coefficient (Wildman–Crippen LogP) is -4.51. The Labute approximate surface area is 125 Å². The van der Waals surface area contributed by atoms with Gasteiger partial charge in [-0.1, -0.05) is 0 Å². The van der Waals surface area contributed by atoms with Crippen LogP contribution in [-0.4, -0.2) is 105 Å². The first kappa shape index (κ1) is 17.7. The molecule has 2 aliphatic heterocycles. The number of hydrogen-bond donors (Lipinski definition) is 6. The van der Waals surface area contributed by atoms with Gasteiger partial charge < -0.3 is 49.6 Å². The number of fused-ring (bicyclic) bond motifs is 2. The highest BCUT2D eigenvalue weighted by atomic mass is 16.7. The van der Waals surface area contributed by atoms with Crippen LogP contribution in [0.15, 0.2) is 0 Å². The van der Waals surface area contributed by atoms with Crippen LogP contribution >= 0.6 is 0 Å². The van der Waals surface area contributed by atoms with Crippen molar-refractivity contribution in [2.45, 2.75) is 55.1 Å². The quantitative estimate of drug-likeness (QED) is 0.251. The summed E-state index contributed by atoms with van der Waals surface area (Å²) in [5.41, 5.74) is 0. The summed E-state index contributed by atoms with van der Waals surface area (Å²) < 4.78 is 15.6. The number of aliphatic hydroxyl groups is 6. The molecule has 0 aromatic heterocycles. The zero-order chi connectivity index (χ0) is 16.4. The first-order valence-electron chi connectivity index (χ1n) is 6.79. The molecule has 2 aliphatic rings. The van der Waals surface area contributed by atoms with E-state index >= 15 is 0 Å². The van der Waals surface area contributed by atoms with E-state index in [-0.39, 0.29) is 12.9 Å². The first-order valence-corrected chi connectivity index (χ1v) is 6.79. The van der Waals surface area contributed by atoms with Crippen LogP contribution < -0.4 is 0 Å². The molecule has 2 rings (SSSR count). The summed E-state index contributed by atoms with van der Waals surface area (Å²) in [6.45, 7) is -0.792. The molecule has 2 heterocycles. The van der Waals surface area contributed by atoms with Crippen LogP contribution in [0.2, 0.25) is 0 Å². The highest BCUT2D eigenvalue weighted by molar-refractivity contribution is 5.56. The summed E-state index contributed by atoms with van der Waals surface area (Å²) >= 11 is 0. The van der Waals surface area contributed by atoms with Gasteiger partial charge in [0.2, 0.25) is 0 Å². The third-order valence-electron chi connectivity index (χ3n) is 3.78. The molecular formula is C12H20O10. The number of carbonyl (C=O) groups is 1. The lowest BCUT2D eigenvalue weighted by Gasteiger charge is -2.38. The molecule has 0 aliphatic carbocycles. The van der Waals surface area contributed by atoms with Crippen LogP contribution in [0, 0.1) is 0 Å². The van der Waals surface area contributed by atoms with Crippen molar-refractivity contribution >= 4 is 6.29 Å². The molecular weight excluding hydrogens is 304 g/mol. The lowest BCUT2D eigenvalue weighted by atomic mass is 10.0. The average Bonchev–Trinajstić information content (AvgIpc) is 2.79. The second-order valence-corrected chi connectivity index (χ2v) is 5.29. The normalized spacial score (nSPS) is 40.0. The minimum atomic E-state index is -1.82. The predicted molar refractivity (Wildman–Crippen MR) is 66.5 cm³/mol. The molecule has 0 spiro atoms. The molecule has 9 atom stereocenters. The van der Waals surface area contributed by atoms with Gasteiger partial charge in [-0.25, -0.2) is 0 Å². The molecule has 1 unspecified atom stereocenters. The first-order chi connectivity index (χ1) is 10.4. The molecule has 2 fully saturated rings. The number of carbonyl (C=O) groups excluding carboxylic acids is 1. The molecule has 0 radical (unpaired) electrons. The van der Waals surface area contributed by atoms with Crippen molar-refractivity contribution in [2.75, 3.05) is 13.2 Å². The van der Waals surface area contributed by atoms with Gasteiger partial charge in [-0.2, -0.15) is 0 Å². The van der Waals surface area contributed by atoms with Crippen molar-refractivity contribution in [1.82, 2.24) is 0 Å². The Hall–Kier alpha value is -0.690. The van der Waals surface area contributed by atoms with Crippen molar-refractivity contribution < 1.29 is 49.6 Å². The van der Waals surface area contributed by atoms with Gasteiger partial charge in [0, 0.05) is 0 Å². The number of rotatable bonds is 7. The lowest BCUT2D eigenvalue weighted by Crippen LogP contribution is -2.58. The summed E-state index contributed by atoms with van der Waals surface area (Å²) in [6.07, 6.45) is -12.4. The van der Waals surface area contributed by atoms with E-state index in [1.807, 2.05) is 0 Å². The Balaban J connectivity index is 2.08. The highest BCUT2D eigenvalue weighted by Gasteiger charge is 2.52. The molecule has 10 nitrogen and oxygen atoms in total. The fraction of sp³-hybridized carbons (Fsp3) is 0.917. The van der Waals surface area contributed by atoms with Gasteiger partial charge in [-0.05, 0) is 0 Å². The van der Waals surface area contributed by atoms with Crippen LogP contribution in [0.5, 0.6) is 0 Å². The minimum Gasteiger partial charge on any atom is -0.394 e. The van der Waals surface area contributed by atoms with Crippen molar-refractivity contribution in [1.29, 1.82) is 0 Å². The van der Waals surface area contributed by atoms with Gasteiger partial charge in [0.1, 0.15) is 48.8 Å². The van der Waals surface area contributed by atoms with Crippen LogP contribution in [0.25, 0.3) is 0 Å². The molecule has 2 saturated heterocycles. The van der Waals surface area contributed by atoms with E-state index in [2.05, 4.69) is 0 Å². The Morgan fingerprint density at radius 1 is 1.23 bits per heavy atom. The van der Waals surface area contributed by atoms with Gasteiger partial charge in [0.25, 0.3) is 0 Å². The third kappa shape index (κ3) is 3.30. The standard InChI is InChI=1S/C12H20O10/c13-1-4(15)7(17)10(5(16)2-14)22-12-9(19)11-8(18)6(21-12)3-20-11/h2,4-13,15-19H,1,3H2/t4-,5+,6+,7+,8-,9+,10-,11-,12?/m1/s1. The maximum Gasteiger partial charge on any atom is 0.187 e. The van der Waals surface area contributed by atoms with E-state index in [1.165, 1.54) is 0 Å². The van der Waals surface area contributed by atoms with Crippen LogP contribution in [-0.2, 0) is 19.0 Å². The fourth-order valence-electron chi connectivity index (χ4n) is 2.48. The van der Waals surface area contributed by atoms with Gasteiger partial charge in [-0.3, -0.25) is 0 Å². The van der Waals surface area contributed by atoms with Crippen LogP contribution in [0.4, 0.5) is 0 Å². The van der Waals surface area contributed by atoms with Crippen LogP contribution in [0.3, 0.4) is 0 Å². The van der Waals surface area contributed by atoms with Crippen molar-refractivity contribution in [2.24, 2.45) is 0 Å². The maximum atomic E-state index is 10.7. The van der Waals surface area contributed by atoms with E-state index in [0.717, 1.165) is 0 Å². The minimum absolute atomic E-state index is 0.0332. The Morgan fingerprint density at radius 3 is 2.50 bits per heavy atom. The Bertz CT molecular complexity index is 379. The molecule has 22 heavy (non-hydrogen) atoms. The van der Waals surface area contributed by atoms with Gasteiger partial charge in [-0.15, -0.1) is 0 Å². The molecule has 0 aromatic carbocycles. The second kappa shape index (κ2) is 7.25. The topological polar surface area (TPSA) is 166 Å². The molecule has 128 valence electrons. The highest BCUT2D eigenvalue weighted by Crippen LogP contribution is 2.31. The second-order valence-electron chi connectivity index (χ2n) is 5.29. The fourth-order valence-corrected chi connectivity index (χ4v) is 2.48. The van der Waals surface area contributed by atoms with Crippen molar-refractivity contribution in [3.05, 3.63) is 0 Å². The van der Waals surface area contributed by atoms with Gasteiger partial charge in [0.15, 0.2) is 12.6 Å². The lowest BCUT2D eigenvalue weighted by molar-refractivity contribution is -0.295. The zero-order valence-corrected chi connectivity index (χ0v) is 11.5. The molecule has 0 saturated carbocycles. The number of ether oxygens (including phenoxy) is 3. The number of hydrogen-bond acceptors (Lipinski definition) is 10. The van der Waals surface area contributed by atoms with E-state index in [0.29, 0.717) is 0 Å². The monoisotopic (exact) mass is 324 g/mol. The molecule has 0 amide bonds. The summed E-state index contributed by atoms with van der Waals surface area (Å²) in [5.74, 6) is 0. The van der Waals surface area contributed by atoms with Crippen molar-refractivity contribution in [3.63, 3.8) is 0 Å². The summed E-state index contributed by atoms with van der Waals surface area (Å²) in [4.78, 5) is 10.7. The summed E-state index contributed by atoms with van der Waals surface area (Å²) in [6, 6.07) is 0. The zero-order valence-electron chi connectivity index (χ0n) is 11.5. The Morgan fingerprint density at radius 2 is 1.91 bits per heavy atom. The van der Waals surface area contributed by atoms with E-state index in [9.17, 15) is 30.3 Å². The largest absolute Gasteiger partial charge is 0.394 e. The number of aliphatic hydroxyl groups excluding tert-OH is 6. The molecule has 6 N–H and O–H groups in total. The van der Waals surface area contributed by atoms with Gasteiger partial charge >= 0.3 is 0 Å². The maximum absolute atomic E-state index is 10.7. The van der Waals surface area contributed by atoms with E-state index < -0.39 is 61.7 Å². The summed E-state index contributed by atoms with van der Waals surface area (Å²) in [7, 11) is 0. The molecule has 2 bridgehead atoms. The van der Waals surface area contributed by atoms with E-state index in [1.54, 1.807) is 0 Å². The van der Waals surface area contributed by atoms with Gasteiger partial charge in [0.05, 0.1) is 13.2 Å². The Kier molecular flexibility index (Phi) is 5.82. The number of aldehydes is 1. The van der Waals surface area contributed by atoms with E-state index in [4.69, 9.17) is 19.3 Å². The SMILES string of the molecule is O=C[C@H](O)[C@@H](OC1O[C@H]2CO[C@H]([C@@H]2O)[C@@H]1O)[C@@H](O)[C@H](O)CO.